The highest BCUT2D eigenvalue weighted by molar-refractivity contribution is 7.15. The number of alkyl halides is 3. The van der Waals surface area contributed by atoms with Crippen LogP contribution in [0, 0.1) is 11.3 Å². The van der Waals surface area contributed by atoms with E-state index in [1.165, 1.54) is 0 Å². The standard InChI is InChI=1S/C15H22F3N3OS/c1-14(2,3)12(22)19-7-10-5-4-6-21(9-10)13-20-8-11(23-13)15(16,17)18/h8,10H,4-7,9H2,1-3H3,(H,19,22). The number of nitrogens with one attached hydrogen (secondary N) is 1. The molecular weight excluding hydrogens is 327 g/mol. The molecule has 0 aromatic carbocycles. The molecule has 8 heteroatoms. The largest absolute Gasteiger partial charge is 0.427 e. The molecule has 1 atom stereocenters. The Morgan fingerprint density at radius 1 is 1.43 bits per heavy atom. The molecule has 2 rings (SSSR count). The predicted molar refractivity (Wildman–Crippen MR) is 84.5 cm³/mol. The molecule has 1 amide bonds. The van der Waals surface area contributed by atoms with Crippen molar-refractivity contribution in [1.82, 2.24) is 10.3 Å². The van der Waals surface area contributed by atoms with Crippen LogP contribution in [0.2, 0.25) is 0 Å². The zero-order chi connectivity index (χ0) is 17.3. The van der Waals surface area contributed by atoms with E-state index in [0.29, 0.717) is 36.1 Å². The quantitative estimate of drug-likeness (QED) is 0.908. The van der Waals surface area contributed by atoms with Crippen LogP contribution in [-0.2, 0) is 11.0 Å². The molecule has 1 aliphatic heterocycles. The number of carbonyl (C=O) groups excluding carboxylic acids is 1. The van der Waals surface area contributed by atoms with Crippen molar-refractivity contribution in [3.8, 4) is 0 Å². The van der Waals surface area contributed by atoms with E-state index >= 15 is 0 Å². The average molecular weight is 349 g/mol. The van der Waals surface area contributed by atoms with Gasteiger partial charge in [0, 0.05) is 25.0 Å². The Bertz CT molecular complexity index is 551. The maximum Gasteiger partial charge on any atom is 0.427 e. The van der Waals surface area contributed by atoms with E-state index in [1.807, 2.05) is 25.7 Å². The number of piperidine rings is 1. The lowest BCUT2D eigenvalue weighted by Gasteiger charge is -2.33. The molecule has 2 heterocycles. The number of hydrogen-bond acceptors (Lipinski definition) is 4. The zero-order valence-corrected chi connectivity index (χ0v) is 14.4. The van der Waals surface area contributed by atoms with Crippen LogP contribution in [0.5, 0.6) is 0 Å². The van der Waals surface area contributed by atoms with Gasteiger partial charge >= 0.3 is 6.18 Å². The van der Waals surface area contributed by atoms with Crippen LogP contribution in [0.25, 0.3) is 0 Å². The Morgan fingerprint density at radius 2 is 2.13 bits per heavy atom. The fourth-order valence-electron chi connectivity index (χ4n) is 2.45. The minimum atomic E-state index is -4.34. The number of anilines is 1. The van der Waals surface area contributed by atoms with Crippen molar-refractivity contribution in [2.45, 2.75) is 39.8 Å². The molecule has 1 unspecified atom stereocenters. The molecule has 0 bridgehead atoms. The molecule has 1 aromatic rings. The van der Waals surface area contributed by atoms with E-state index in [0.717, 1.165) is 19.0 Å². The molecule has 130 valence electrons. The Balaban J connectivity index is 1.93. The Kier molecular flexibility index (Phi) is 5.23. The SMILES string of the molecule is CC(C)(C)C(=O)NCC1CCCN(c2ncc(C(F)(F)F)s2)C1. The lowest BCUT2D eigenvalue weighted by atomic mass is 9.94. The first kappa shape index (κ1) is 18.0. The van der Waals surface area contributed by atoms with Crippen LogP contribution in [0.4, 0.5) is 18.3 Å². The second kappa shape index (κ2) is 6.67. The normalized spacial score (nSPS) is 19.7. The highest BCUT2D eigenvalue weighted by atomic mass is 32.1. The summed E-state index contributed by atoms with van der Waals surface area (Å²) in [6, 6.07) is 0. The summed E-state index contributed by atoms with van der Waals surface area (Å²) in [7, 11) is 0. The maximum absolute atomic E-state index is 12.7. The molecule has 0 aliphatic carbocycles. The zero-order valence-electron chi connectivity index (χ0n) is 13.5. The molecule has 0 spiro atoms. The van der Waals surface area contributed by atoms with E-state index in [-0.39, 0.29) is 11.8 Å². The second-order valence-electron chi connectivity index (χ2n) is 6.92. The topological polar surface area (TPSA) is 45.2 Å². The van der Waals surface area contributed by atoms with Crippen molar-refractivity contribution < 1.29 is 18.0 Å². The summed E-state index contributed by atoms with van der Waals surface area (Å²) in [5, 5.41) is 3.34. The Morgan fingerprint density at radius 3 is 2.70 bits per heavy atom. The first-order valence-electron chi connectivity index (χ1n) is 7.63. The smallest absolute Gasteiger partial charge is 0.355 e. The molecule has 4 nitrogen and oxygen atoms in total. The monoisotopic (exact) mass is 349 g/mol. The van der Waals surface area contributed by atoms with Gasteiger partial charge in [-0.2, -0.15) is 13.2 Å². The van der Waals surface area contributed by atoms with Gasteiger partial charge in [0.1, 0.15) is 4.88 Å². The highest BCUT2D eigenvalue weighted by Crippen LogP contribution is 2.37. The van der Waals surface area contributed by atoms with E-state index in [9.17, 15) is 18.0 Å². The molecule has 1 aliphatic rings. The Labute approximate surface area is 138 Å². The van der Waals surface area contributed by atoms with Gasteiger partial charge in [0.2, 0.25) is 5.91 Å². The van der Waals surface area contributed by atoms with Crippen LogP contribution < -0.4 is 10.2 Å². The third-order valence-electron chi connectivity index (χ3n) is 3.79. The second-order valence-corrected chi connectivity index (χ2v) is 7.93. The van der Waals surface area contributed by atoms with Crippen LogP contribution >= 0.6 is 11.3 Å². The third-order valence-corrected chi connectivity index (χ3v) is 4.90. The van der Waals surface area contributed by atoms with Gasteiger partial charge in [-0.1, -0.05) is 32.1 Å². The van der Waals surface area contributed by atoms with Gasteiger partial charge in [0.15, 0.2) is 5.13 Å². The average Bonchev–Trinajstić information content (AvgIpc) is 2.94. The van der Waals surface area contributed by atoms with Gasteiger partial charge in [-0.15, -0.1) is 0 Å². The molecule has 23 heavy (non-hydrogen) atoms. The van der Waals surface area contributed by atoms with Crippen molar-refractivity contribution in [3.05, 3.63) is 11.1 Å². The minimum Gasteiger partial charge on any atom is -0.355 e. The summed E-state index contributed by atoms with van der Waals surface area (Å²) in [6.45, 7) is 7.42. The number of carbonyl (C=O) groups is 1. The van der Waals surface area contributed by atoms with Crippen molar-refractivity contribution in [2.75, 3.05) is 24.5 Å². The third kappa shape index (κ3) is 4.83. The summed E-state index contributed by atoms with van der Waals surface area (Å²) in [6.07, 6.45) is -1.60. The number of hydrogen-bond donors (Lipinski definition) is 1. The van der Waals surface area contributed by atoms with Crippen LogP contribution in [0.15, 0.2) is 6.20 Å². The number of amides is 1. The van der Waals surface area contributed by atoms with Gasteiger partial charge < -0.3 is 10.2 Å². The van der Waals surface area contributed by atoms with E-state index in [1.54, 1.807) is 0 Å². The molecule has 0 radical (unpaired) electrons. The molecule has 1 fully saturated rings. The van der Waals surface area contributed by atoms with Crippen LogP contribution in [0.3, 0.4) is 0 Å². The minimum absolute atomic E-state index is 0.0109. The lowest BCUT2D eigenvalue weighted by molar-refractivity contribution is -0.134. The highest BCUT2D eigenvalue weighted by Gasteiger charge is 2.34. The maximum atomic E-state index is 12.7. The summed E-state index contributed by atoms with van der Waals surface area (Å²) in [5.74, 6) is 0.219. The number of aromatic nitrogens is 1. The molecule has 1 saturated heterocycles. The van der Waals surface area contributed by atoms with E-state index in [2.05, 4.69) is 10.3 Å². The molecular formula is C15H22F3N3OS. The fourth-order valence-corrected chi connectivity index (χ4v) is 3.27. The predicted octanol–water partition coefficient (Wildman–Crippen LogP) is 3.54. The number of rotatable bonds is 3. The number of nitrogens with zero attached hydrogens (tertiary/aromatic N) is 2. The van der Waals surface area contributed by atoms with Gasteiger partial charge in [-0.3, -0.25) is 4.79 Å². The Hall–Kier alpha value is -1.31. The van der Waals surface area contributed by atoms with Gasteiger partial charge in [-0.05, 0) is 18.8 Å². The first-order valence-corrected chi connectivity index (χ1v) is 8.45. The van der Waals surface area contributed by atoms with E-state index in [4.69, 9.17) is 0 Å². The van der Waals surface area contributed by atoms with Gasteiger partial charge in [0.25, 0.3) is 0 Å². The van der Waals surface area contributed by atoms with Crippen LogP contribution in [-0.4, -0.2) is 30.5 Å². The fraction of sp³-hybridized carbons (Fsp3) is 0.733. The summed E-state index contributed by atoms with van der Waals surface area (Å²) in [4.78, 5) is 17.0. The summed E-state index contributed by atoms with van der Waals surface area (Å²) < 4.78 is 38.0. The van der Waals surface area contributed by atoms with Crippen molar-refractivity contribution >= 4 is 22.4 Å². The van der Waals surface area contributed by atoms with E-state index < -0.39 is 16.5 Å². The van der Waals surface area contributed by atoms with Crippen molar-refractivity contribution in [2.24, 2.45) is 11.3 Å². The summed E-state index contributed by atoms with van der Waals surface area (Å²) in [5.41, 5.74) is -0.439. The van der Waals surface area contributed by atoms with Crippen molar-refractivity contribution in [3.63, 3.8) is 0 Å². The first-order chi connectivity index (χ1) is 10.6. The molecule has 1 aromatic heterocycles. The van der Waals surface area contributed by atoms with Crippen molar-refractivity contribution in [1.29, 1.82) is 0 Å². The number of halogens is 3. The molecule has 1 N–H and O–H groups in total. The molecule has 0 saturated carbocycles. The van der Waals surface area contributed by atoms with Crippen LogP contribution in [0.1, 0.15) is 38.5 Å². The lowest BCUT2D eigenvalue weighted by Crippen LogP contribution is -2.43. The number of thiazole rings is 1. The van der Waals surface area contributed by atoms with Gasteiger partial charge in [0.05, 0.1) is 6.20 Å². The van der Waals surface area contributed by atoms with Gasteiger partial charge in [-0.25, -0.2) is 4.98 Å². The summed E-state index contributed by atoms with van der Waals surface area (Å²) >= 11 is 0.679.